The molecule has 0 aliphatic carbocycles. The number of hydrogen-bond donors (Lipinski definition) is 0. The highest BCUT2D eigenvalue weighted by molar-refractivity contribution is 5.98. The Morgan fingerprint density at radius 2 is 1.90 bits per heavy atom. The van der Waals surface area contributed by atoms with E-state index in [-0.39, 0.29) is 17.9 Å². The third-order valence-electron chi connectivity index (χ3n) is 6.33. The van der Waals surface area contributed by atoms with Crippen molar-refractivity contribution in [1.29, 1.82) is 0 Å². The molecule has 0 aromatic heterocycles. The fourth-order valence-electron chi connectivity index (χ4n) is 4.73. The molecule has 2 aliphatic heterocycles. The van der Waals surface area contributed by atoms with Crippen molar-refractivity contribution >= 4 is 17.5 Å². The highest BCUT2D eigenvalue weighted by Gasteiger charge is 2.34. The van der Waals surface area contributed by atoms with E-state index in [1.807, 2.05) is 22.8 Å². The van der Waals surface area contributed by atoms with Crippen LogP contribution in [0, 0.1) is 6.92 Å². The van der Waals surface area contributed by atoms with Crippen LogP contribution in [-0.2, 0) is 11.2 Å². The number of piperidine rings is 1. The monoisotopic (exact) mass is 422 g/mol. The molecule has 0 spiro atoms. The lowest BCUT2D eigenvalue weighted by Crippen LogP contribution is -2.50. The second-order valence-corrected chi connectivity index (χ2v) is 8.15. The van der Waals surface area contributed by atoms with Gasteiger partial charge in [-0.1, -0.05) is 12.1 Å². The molecule has 4 rings (SSSR count). The summed E-state index contributed by atoms with van der Waals surface area (Å²) in [5, 5.41) is 0. The van der Waals surface area contributed by atoms with E-state index < -0.39 is 0 Å². The number of rotatable bonds is 5. The largest absolute Gasteiger partial charge is 0.496 e. The second-order valence-electron chi connectivity index (χ2n) is 8.15. The minimum atomic E-state index is -0.0421. The number of fused-ring (bicyclic) bond motifs is 1. The fourth-order valence-corrected chi connectivity index (χ4v) is 4.73. The standard InChI is InChI=1S/C25H30N2O4/c1-4-31-19-8-9-21(23(16-19)30-3)25(29)26-14-12-18(13-15-26)27-22-7-5-6-17(2)20(22)10-11-24(27)28/h5-9,16,18H,4,10-15H2,1-3H3. The number of ether oxygens (including phenoxy) is 2. The molecule has 1 saturated heterocycles. The van der Waals surface area contributed by atoms with Gasteiger partial charge in [0, 0.05) is 37.3 Å². The molecule has 6 heteroatoms. The molecule has 0 radical (unpaired) electrons. The van der Waals surface area contributed by atoms with E-state index in [1.165, 1.54) is 11.1 Å². The molecule has 0 unspecified atom stereocenters. The Balaban J connectivity index is 1.48. The third-order valence-corrected chi connectivity index (χ3v) is 6.33. The summed E-state index contributed by atoms with van der Waals surface area (Å²) < 4.78 is 11.0. The van der Waals surface area contributed by atoms with Crippen molar-refractivity contribution in [2.75, 3.05) is 31.7 Å². The number of amides is 2. The molecule has 0 N–H and O–H groups in total. The molecule has 2 aliphatic rings. The fraction of sp³-hybridized carbons (Fsp3) is 0.440. The van der Waals surface area contributed by atoms with E-state index in [9.17, 15) is 9.59 Å². The van der Waals surface area contributed by atoms with Gasteiger partial charge in [-0.3, -0.25) is 9.59 Å². The first-order chi connectivity index (χ1) is 15.0. The molecule has 6 nitrogen and oxygen atoms in total. The van der Waals surface area contributed by atoms with Crippen molar-refractivity contribution in [3.05, 3.63) is 53.1 Å². The number of carbonyl (C=O) groups excluding carboxylic acids is 2. The van der Waals surface area contributed by atoms with Gasteiger partial charge in [-0.05, 0) is 62.4 Å². The lowest BCUT2D eigenvalue weighted by atomic mass is 9.92. The number of methoxy groups -OCH3 is 1. The Morgan fingerprint density at radius 3 is 2.61 bits per heavy atom. The van der Waals surface area contributed by atoms with Gasteiger partial charge >= 0.3 is 0 Å². The summed E-state index contributed by atoms with van der Waals surface area (Å²) in [5.74, 6) is 1.36. The molecule has 0 bridgehead atoms. The summed E-state index contributed by atoms with van der Waals surface area (Å²) in [6.45, 7) is 5.82. The molecule has 0 saturated carbocycles. The topological polar surface area (TPSA) is 59.1 Å². The first-order valence-corrected chi connectivity index (χ1v) is 11.0. The van der Waals surface area contributed by atoms with Crippen LogP contribution in [0.5, 0.6) is 11.5 Å². The van der Waals surface area contributed by atoms with E-state index in [1.54, 1.807) is 25.3 Å². The Kier molecular flexibility index (Phi) is 6.16. The molecule has 2 aromatic rings. The van der Waals surface area contributed by atoms with Crippen LogP contribution in [0.3, 0.4) is 0 Å². The number of nitrogens with zero attached hydrogens (tertiary/aromatic N) is 2. The molecule has 2 heterocycles. The minimum Gasteiger partial charge on any atom is -0.496 e. The number of benzene rings is 2. The molecule has 1 fully saturated rings. The maximum absolute atomic E-state index is 13.2. The van der Waals surface area contributed by atoms with Crippen LogP contribution in [0.25, 0.3) is 0 Å². The van der Waals surface area contributed by atoms with Crippen molar-refractivity contribution in [2.24, 2.45) is 0 Å². The van der Waals surface area contributed by atoms with Gasteiger partial charge in [-0.25, -0.2) is 0 Å². The number of hydrogen-bond acceptors (Lipinski definition) is 4. The van der Waals surface area contributed by atoms with Gasteiger partial charge in [0.25, 0.3) is 5.91 Å². The minimum absolute atomic E-state index is 0.0421. The van der Waals surface area contributed by atoms with Crippen molar-refractivity contribution < 1.29 is 19.1 Å². The van der Waals surface area contributed by atoms with Crippen molar-refractivity contribution in [3.8, 4) is 11.5 Å². The van der Waals surface area contributed by atoms with Crippen molar-refractivity contribution in [3.63, 3.8) is 0 Å². The summed E-state index contributed by atoms with van der Waals surface area (Å²) in [5.41, 5.74) is 4.11. The van der Waals surface area contributed by atoms with Crippen LogP contribution in [-0.4, -0.2) is 49.6 Å². The smallest absolute Gasteiger partial charge is 0.257 e. The summed E-state index contributed by atoms with van der Waals surface area (Å²) in [4.78, 5) is 29.8. The van der Waals surface area contributed by atoms with Gasteiger partial charge in [-0.15, -0.1) is 0 Å². The number of carbonyl (C=O) groups is 2. The van der Waals surface area contributed by atoms with Crippen LogP contribution < -0.4 is 14.4 Å². The van der Waals surface area contributed by atoms with E-state index in [0.29, 0.717) is 43.2 Å². The van der Waals surface area contributed by atoms with Gasteiger partial charge < -0.3 is 19.3 Å². The highest BCUT2D eigenvalue weighted by Crippen LogP contribution is 2.35. The summed E-state index contributed by atoms with van der Waals surface area (Å²) in [6.07, 6.45) is 2.90. The Morgan fingerprint density at radius 1 is 1.13 bits per heavy atom. The highest BCUT2D eigenvalue weighted by atomic mass is 16.5. The zero-order valence-electron chi connectivity index (χ0n) is 18.5. The maximum atomic E-state index is 13.2. The normalized spacial score (nSPS) is 16.8. The van der Waals surface area contributed by atoms with Crippen LogP contribution in [0.15, 0.2) is 36.4 Å². The van der Waals surface area contributed by atoms with Gasteiger partial charge in [0.1, 0.15) is 11.5 Å². The number of aryl methyl sites for hydroxylation is 1. The zero-order chi connectivity index (χ0) is 22.0. The van der Waals surface area contributed by atoms with E-state index in [4.69, 9.17) is 9.47 Å². The maximum Gasteiger partial charge on any atom is 0.257 e. The Hall–Kier alpha value is -3.02. The first-order valence-electron chi connectivity index (χ1n) is 11.0. The van der Waals surface area contributed by atoms with Crippen molar-refractivity contribution in [2.45, 2.75) is 45.6 Å². The first kappa shape index (κ1) is 21.2. The lowest BCUT2D eigenvalue weighted by Gasteiger charge is -2.41. The Bertz CT molecular complexity index is 979. The molecule has 0 atom stereocenters. The second kappa shape index (κ2) is 9.00. The average Bonchev–Trinajstić information content (AvgIpc) is 2.79. The summed E-state index contributed by atoms with van der Waals surface area (Å²) in [6, 6.07) is 11.6. The van der Waals surface area contributed by atoms with Gasteiger partial charge in [0.05, 0.1) is 19.3 Å². The van der Waals surface area contributed by atoms with Crippen LogP contribution in [0.2, 0.25) is 0 Å². The molecule has 2 amide bonds. The predicted molar refractivity (Wildman–Crippen MR) is 120 cm³/mol. The van der Waals surface area contributed by atoms with E-state index in [0.717, 1.165) is 24.9 Å². The van der Waals surface area contributed by atoms with Gasteiger partial charge in [0.15, 0.2) is 0 Å². The van der Waals surface area contributed by atoms with Crippen LogP contribution in [0.1, 0.15) is 47.7 Å². The molecule has 2 aromatic carbocycles. The van der Waals surface area contributed by atoms with Crippen molar-refractivity contribution in [1.82, 2.24) is 4.90 Å². The third kappa shape index (κ3) is 4.11. The zero-order valence-corrected chi connectivity index (χ0v) is 18.5. The van der Waals surface area contributed by atoms with Crippen LogP contribution >= 0.6 is 0 Å². The molecule has 31 heavy (non-hydrogen) atoms. The van der Waals surface area contributed by atoms with E-state index >= 15 is 0 Å². The molecule has 164 valence electrons. The molecular formula is C25H30N2O4. The summed E-state index contributed by atoms with van der Waals surface area (Å²) in [7, 11) is 1.56. The van der Waals surface area contributed by atoms with Gasteiger partial charge in [0.2, 0.25) is 5.91 Å². The van der Waals surface area contributed by atoms with Gasteiger partial charge in [-0.2, -0.15) is 0 Å². The lowest BCUT2D eigenvalue weighted by molar-refractivity contribution is -0.119. The van der Waals surface area contributed by atoms with E-state index in [2.05, 4.69) is 19.1 Å². The summed E-state index contributed by atoms with van der Waals surface area (Å²) >= 11 is 0. The molecular weight excluding hydrogens is 392 g/mol. The number of likely N-dealkylation sites (tertiary alicyclic amines) is 1. The number of anilines is 1. The predicted octanol–water partition coefficient (Wildman–Crippen LogP) is 3.99. The van der Waals surface area contributed by atoms with Crippen LogP contribution in [0.4, 0.5) is 5.69 Å². The Labute approximate surface area is 183 Å². The quantitative estimate of drug-likeness (QED) is 0.731. The SMILES string of the molecule is CCOc1ccc(C(=O)N2CCC(N3C(=O)CCc4c(C)cccc43)CC2)c(OC)c1. The average molecular weight is 423 g/mol.